The number of piperidine rings is 1. The normalized spacial score (nSPS) is 18.6. The first-order chi connectivity index (χ1) is 9.58. The molecular weight excluding hydrogens is 264 g/mol. The van der Waals surface area contributed by atoms with Crippen LogP contribution in [0.4, 0.5) is 0 Å². The highest BCUT2D eigenvalue weighted by Gasteiger charge is 2.27. The van der Waals surface area contributed by atoms with Gasteiger partial charge < -0.3 is 19.8 Å². The summed E-state index contributed by atoms with van der Waals surface area (Å²) < 4.78 is 9.72. The Kier molecular flexibility index (Phi) is 4.39. The van der Waals surface area contributed by atoms with Crippen LogP contribution in [0.25, 0.3) is 0 Å². The molecule has 0 radical (unpaired) electrons. The largest absolute Gasteiger partial charge is 0.457 e. The number of esters is 1. The van der Waals surface area contributed by atoms with Gasteiger partial charge in [-0.1, -0.05) is 0 Å². The van der Waals surface area contributed by atoms with Crippen LogP contribution in [0.2, 0.25) is 0 Å². The van der Waals surface area contributed by atoms with Crippen LogP contribution in [0.1, 0.15) is 23.4 Å². The topological polar surface area (TPSA) is 103 Å². The molecule has 1 aromatic rings. The molecule has 0 bridgehead atoms. The SMILES string of the molecule is NC(=O)[C@@H]1CCCN(C(=O)COC(=O)c2ccco2)C1. The molecule has 1 aromatic heterocycles. The maximum absolute atomic E-state index is 11.9. The average molecular weight is 280 g/mol. The lowest BCUT2D eigenvalue weighted by molar-refractivity contribution is -0.137. The van der Waals surface area contributed by atoms with E-state index in [0.717, 1.165) is 0 Å². The number of carbonyl (C=O) groups excluding carboxylic acids is 3. The van der Waals surface area contributed by atoms with Crippen molar-refractivity contribution in [1.82, 2.24) is 4.90 Å². The molecule has 0 unspecified atom stereocenters. The first-order valence-electron chi connectivity index (χ1n) is 6.35. The van der Waals surface area contributed by atoms with Crippen LogP contribution in [0.15, 0.2) is 22.8 Å². The number of carbonyl (C=O) groups is 3. The van der Waals surface area contributed by atoms with Crippen molar-refractivity contribution in [2.45, 2.75) is 12.8 Å². The zero-order valence-electron chi connectivity index (χ0n) is 10.9. The van der Waals surface area contributed by atoms with Crippen molar-refractivity contribution in [1.29, 1.82) is 0 Å². The molecule has 1 atom stereocenters. The summed E-state index contributed by atoms with van der Waals surface area (Å²) in [6.07, 6.45) is 2.75. The predicted molar refractivity (Wildman–Crippen MR) is 67.5 cm³/mol. The summed E-state index contributed by atoms with van der Waals surface area (Å²) in [7, 11) is 0. The smallest absolute Gasteiger partial charge is 0.374 e. The lowest BCUT2D eigenvalue weighted by atomic mass is 9.97. The van der Waals surface area contributed by atoms with Gasteiger partial charge in [-0.3, -0.25) is 9.59 Å². The van der Waals surface area contributed by atoms with E-state index in [4.69, 9.17) is 14.9 Å². The highest BCUT2D eigenvalue weighted by atomic mass is 16.5. The number of likely N-dealkylation sites (tertiary alicyclic amines) is 1. The minimum atomic E-state index is -0.688. The number of furan rings is 1. The van der Waals surface area contributed by atoms with E-state index in [1.807, 2.05) is 0 Å². The summed E-state index contributed by atoms with van der Waals surface area (Å²) in [6, 6.07) is 3.01. The molecule has 0 aliphatic carbocycles. The summed E-state index contributed by atoms with van der Waals surface area (Å²) in [4.78, 5) is 36.0. The Bertz CT molecular complexity index is 497. The van der Waals surface area contributed by atoms with Gasteiger partial charge in [0.2, 0.25) is 11.7 Å². The third-order valence-electron chi connectivity index (χ3n) is 3.23. The van der Waals surface area contributed by atoms with Crippen LogP contribution in [-0.2, 0) is 14.3 Å². The van der Waals surface area contributed by atoms with E-state index in [1.54, 1.807) is 6.07 Å². The minimum absolute atomic E-state index is 0.0476. The van der Waals surface area contributed by atoms with Crippen molar-refractivity contribution < 1.29 is 23.5 Å². The number of nitrogens with two attached hydrogens (primary N) is 1. The molecule has 1 aliphatic heterocycles. The van der Waals surface area contributed by atoms with E-state index >= 15 is 0 Å². The Balaban J connectivity index is 1.82. The van der Waals surface area contributed by atoms with Crippen molar-refractivity contribution in [2.24, 2.45) is 11.7 Å². The highest BCUT2D eigenvalue weighted by Crippen LogP contribution is 2.16. The Hall–Kier alpha value is -2.31. The molecule has 7 nitrogen and oxygen atoms in total. The van der Waals surface area contributed by atoms with E-state index in [2.05, 4.69) is 0 Å². The fourth-order valence-corrected chi connectivity index (χ4v) is 2.12. The van der Waals surface area contributed by atoms with Crippen molar-refractivity contribution >= 4 is 17.8 Å². The maximum atomic E-state index is 11.9. The lowest BCUT2D eigenvalue weighted by Crippen LogP contribution is -2.45. The Morgan fingerprint density at radius 3 is 2.90 bits per heavy atom. The molecule has 2 heterocycles. The van der Waals surface area contributed by atoms with Gasteiger partial charge in [0.15, 0.2) is 6.61 Å². The predicted octanol–water partition coefficient (Wildman–Crippen LogP) is 0.160. The molecule has 2 rings (SSSR count). The van der Waals surface area contributed by atoms with Gasteiger partial charge in [0.05, 0.1) is 12.2 Å². The molecule has 7 heteroatoms. The standard InChI is InChI=1S/C13H16N2O5/c14-12(17)9-3-1-5-15(7-9)11(16)8-20-13(18)10-4-2-6-19-10/h2,4,6,9H,1,3,5,7-8H2,(H2,14,17)/t9-/m1/s1. The number of amides is 2. The molecule has 0 saturated carbocycles. The number of rotatable bonds is 4. The van der Waals surface area contributed by atoms with Crippen molar-refractivity contribution in [3.8, 4) is 0 Å². The van der Waals surface area contributed by atoms with Gasteiger partial charge in [0, 0.05) is 13.1 Å². The fraction of sp³-hybridized carbons (Fsp3) is 0.462. The summed E-state index contributed by atoms with van der Waals surface area (Å²) in [6.45, 7) is 0.457. The van der Waals surface area contributed by atoms with E-state index in [0.29, 0.717) is 19.4 Å². The number of hydrogen-bond donors (Lipinski definition) is 1. The molecule has 2 amide bonds. The molecule has 1 saturated heterocycles. The molecule has 20 heavy (non-hydrogen) atoms. The van der Waals surface area contributed by atoms with Gasteiger partial charge in [-0.15, -0.1) is 0 Å². The summed E-state index contributed by atoms with van der Waals surface area (Å²) >= 11 is 0. The van der Waals surface area contributed by atoms with Gasteiger partial charge in [0.25, 0.3) is 5.91 Å². The Morgan fingerprint density at radius 1 is 1.45 bits per heavy atom. The number of primary amides is 1. The second-order valence-corrected chi connectivity index (χ2v) is 4.63. The number of ether oxygens (including phenoxy) is 1. The summed E-state index contributed by atoms with van der Waals surface area (Å²) in [5.41, 5.74) is 5.24. The van der Waals surface area contributed by atoms with E-state index < -0.39 is 11.9 Å². The second-order valence-electron chi connectivity index (χ2n) is 4.63. The lowest BCUT2D eigenvalue weighted by Gasteiger charge is -2.30. The van der Waals surface area contributed by atoms with Crippen molar-refractivity contribution in [3.63, 3.8) is 0 Å². The van der Waals surface area contributed by atoms with Crippen LogP contribution < -0.4 is 5.73 Å². The quantitative estimate of drug-likeness (QED) is 0.791. The molecule has 108 valence electrons. The van der Waals surface area contributed by atoms with Crippen LogP contribution in [0, 0.1) is 5.92 Å². The zero-order valence-corrected chi connectivity index (χ0v) is 10.9. The third kappa shape index (κ3) is 3.37. The molecule has 0 aromatic carbocycles. The van der Waals surface area contributed by atoms with Crippen LogP contribution in [0.5, 0.6) is 0 Å². The van der Waals surface area contributed by atoms with E-state index in [9.17, 15) is 14.4 Å². The van der Waals surface area contributed by atoms with E-state index in [-0.39, 0.29) is 30.7 Å². The molecular formula is C13H16N2O5. The second kappa shape index (κ2) is 6.23. The highest BCUT2D eigenvalue weighted by molar-refractivity contribution is 5.89. The Morgan fingerprint density at radius 2 is 2.25 bits per heavy atom. The molecule has 0 spiro atoms. The first kappa shape index (κ1) is 14.1. The molecule has 1 fully saturated rings. The van der Waals surface area contributed by atoms with Gasteiger partial charge in [-0.05, 0) is 25.0 Å². The maximum Gasteiger partial charge on any atom is 0.374 e. The average Bonchev–Trinajstić information content (AvgIpc) is 2.98. The molecule has 1 aliphatic rings. The van der Waals surface area contributed by atoms with Crippen LogP contribution >= 0.6 is 0 Å². The zero-order chi connectivity index (χ0) is 14.5. The summed E-state index contributed by atoms with van der Waals surface area (Å²) in [5.74, 6) is -1.71. The van der Waals surface area contributed by atoms with Gasteiger partial charge in [-0.2, -0.15) is 0 Å². The van der Waals surface area contributed by atoms with Crippen LogP contribution in [-0.4, -0.2) is 42.4 Å². The van der Waals surface area contributed by atoms with Gasteiger partial charge in [0.1, 0.15) is 0 Å². The monoisotopic (exact) mass is 280 g/mol. The number of hydrogen-bond acceptors (Lipinski definition) is 5. The Labute approximate surface area is 115 Å². The number of nitrogens with zero attached hydrogens (tertiary/aromatic N) is 1. The fourth-order valence-electron chi connectivity index (χ4n) is 2.12. The molecule has 2 N–H and O–H groups in total. The third-order valence-corrected chi connectivity index (χ3v) is 3.23. The van der Waals surface area contributed by atoms with Crippen LogP contribution in [0.3, 0.4) is 0 Å². The van der Waals surface area contributed by atoms with Gasteiger partial charge >= 0.3 is 5.97 Å². The van der Waals surface area contributed by atoms with Gasteiger partial charge in [-0.25, -0.2) is 4.79 Å². The van der Waals surface area contributed by atoms with Crippen molar-refractivity contribution in [2.75, 3.05) is 19.7 Å². The van der Waals surface area contributed by atoms with E-state index in [1.165, 1.54) is 17.2 Å². The minimum Gasteiger partial charge on any atom is -0.457 e. The summed E-state index contributed by atoms with van der Waals surface area (Å²) in [5, 5.41) is 0. The van der Waals surface area contributed by atoms with Crippen molar-refractivity contribution in [3.05, 3.63) is 24.2 Å². The first-order valence-corrected chi connectivity index (χ1v) is 6.35.